The summed E-state index contributed by atoms with van der Waals surface area (Å²) in [5, 5.41) is 9.06. The molecule has 0 aromatic heterocycles. The molecule has 0 radical (unpaired) electrons. The lowest BCUT2D eigenvalue weighted by Crippen LogP contribution is -2.43. The summed E-state index contributed by atoms with van der Waals surface area (Å²) in [7, 11) is 0. The molecule has 3 nitrogen and oxygen atoms in total. The molecule has 18 heavy (non-hydrogen) atoms. The van der Waals surface area contributed by atoms with Gasteiger partial charge in [0.2, 0.25) is 0 Å². The SMILES string of the molecule is CCC(CC(=O)O)N(CCC(C)C)C1CCCC1. The van der Waals surface area contributed by atoms with Crippen LogP contribution in [0.25, 0.3) is 0 Å². The normalized spacial score (nSPS) is 18.7. The maximum Gasteiger partial charge on any atom is 0.304 e. The maximum atomic E-state index is 11.0. The van der Waals surface area contributed by atoms with E-state index in [0.29, 0.717) is 18.4 Å². The predicted octanol–water partition coefficient (Wildman–Crippen LogP) is 3.53. The molecule has 3 heteroatoms. The minimum atomic E-state index is -0.658. The summed E-state index contributed by atoms with van der Waals surface area (Å²) in [5.74, 6) is 0.0330. The van der Waals surface area contributed by atoms with Crippen LogP contribution in [0.4, 0.5) is 0 Å². The standard InChI is InChI=1S/C15H29NO2/c1-4-13(11-15(17)18)16(10-9-12(2)3)14-7-5-6-8-14/h12-14H,4-11H2,1-3H3,(H,17,18). The van der Waals surface area contributed by atoms with E-state index in [1.165, 1.54) is 32.1 Å². The van der Waals surface area contributed by atoms with Gasteiger partial charge in [0.05, 0.1) is 6.42 Å². The second-order valence-corrected chi connectivity index (χ2v) is 6.02. The fourth-order valence-electron chi connectivity index (χ4n) is 3.00. The van der Waals surface area contributed by atoms with E-state index in [4.69, 9.17) is 5.11 Å². The summed E-state index contributed by atoms with van der Waals surface area (Å²) in [6.45, 7) is 7.66. The van der Waals surface area contributed by atoms with E-state index in [1.54, 1.807) is 0 Å². The number of rotatable bonds is 8. The molecule has 1 aliphatic rings. The molecule has 1 aliphatic carbocycles. The molecule has 0 aromatic rings. The van der Waals surface area contributed by atoms with Crippen molar-refractivity contribution in [1.29, 1.82) is 0 Å². The van der Waals surface area contributed by atoms with Gasteiger partial charge in [0.25, 0.3) is 0 Å². The summed E-state index contributed by atoms with van der Waals surface area (Å²) < 4.78 is 0. The molecule has 1 fully saturated rings. The first-order valence-electron chi connectivity index (χ1n) is 7.52. The van der Waals surface area contributed by atoms with E-state index in [0.717, 1.165) is 13.0 Å². The molecule has 0 aromatic carbocycles. The Morgan fingerprint density at radius 1 is 1.33 bits per heavy atom. The molecule has 0 amide bonds. The van der Waals surface area contributed by atoms with Crippen LogP contribution in [-0.2, 0) is 4.79 Å². The Morgan fingerprint density at radius 3 is 2.39 bits per heavy atom. The van der Waals surface area contributed by atoms with Crippen LogP contribution in [-0.4, -0.2) is 34.6 Å². The molecule has 0 heterocycles. The summed E-state index contributed by atoms with van der Waals surface area (Å²) in [6, 6.07) is 0.859. The zero-order chi connectivity index (χ0) is 13.5. The van der Waals surface area contributed by atoms with Crippen molar-refractivity contribution < 1.29 is 9.90 Å². The lowest BCUT2D eigenvalue weighted by atomic mass is 10.0. The Morgan fingerprint density at radius 2 is 1.94 bits per heavy atom. The van der Waals surface area contributed by atoms with Crippen LogP contribution >= 0.6 is 0 Å². The van der Waals surface area contributed by atoms with Crippen molar-refractivity contribution in [1.82, 2.24) is 4.90 Å². The van der Waals surface area contributed by atoms with Crippen LogP contribution in [0.1, 0.15) is 65.7 Å². The highest BCUT2D eigenvalue weighted by Gasteiger charge is 2.28. The summed E-state index contributed by atoms with van der Waals surface area (Å²) >= 11 is 0. The van der Waals surface area contributed by atoms with Gasteiger partial charge in [-0.05, 0) is 38.1 Å². The summed E-state index contributed by atoms with van der Waals surface area (Å²) in [5.41, 5.74) is 0. The number of hydrogen-bond acceptors (Lipinski definition) is 2. The third-order valence-corrected chi connectivity index (χ3v) is 4.11. The minimum absolute atomic E-state index is 0.226. The van der Waals surface area contributed by atoms with E-state index >= 15 is 0 Å². The monoisotopic (exact) mass is 255 g/mol. The third kappa shape index (κ3) is 4.97. The van der Waals surface area contributed by atoms with Gasteiger partial charge in [-0.2, -0.15) is 0 Å². The molecule has 1 N–H and O–H groups in total. The lowest BCUT2D eigenvalue weighted by Gasteiger charge is -2.36. The molecule has 1 saturated carbocycles. The number of hydrogen-bond donors (Lipinski definition) is 1. The number of aliphatic carboxylic acids is 1. The molecule has 0 bridgehead atoms. The molecular formula is C15H29NO2. The van der Waals surface area contributed by atoms with Crippen molar-refractivity contribution in [2.75, 3.05) is 6.54 Å². The Balaban J connectivity index is 2.63. The molecule has 0 saturated heterocycles. The van der Waals surface area contributed by atoms with E-state index in [1.807, 2.05) is 0 Å². The first-order chi connectivity index (χ1) is 8.54. The van der Waals surface area contributed by atoms with Crippen LogP contribution in [0.2, 0.25) is 0 Å². The highest BCUT2D eigenvalue weighted by Crippen LogP contribution is 2.27. The second kappa shape index (κ2) is 7.78. The van der Waals surface area contributed by atoms with E-state index in [-0.39, 0.29) is 6.04 Å². The van der Waals surface area contributed by atoms with Crippen LogP contribution in [0.15, 0.2) is 0 Å². The topological polar surface area (TPSA) is 40.5 Å². The second-order valence-electron chi connectivity index (χ2n) is 6.02. The average molecular weight is 255 g/mol. The van der Waals surface area contributed by atoms with Gasteiger partial charge in [-0.3, -0.25) is 9.69 Å². The number of carboxylic acids is 1. The van der Waals surface area contributed by atoms with Gasteiger partial charge in [0, 0.05) is 12.1 Å². The van der Waals surface area contributed by atoms with Crippen LogP contribution < -0.4 is 0 Å². The van der Waals surface area contributed by atoms with Gasteiger partial charge in [0.1, 0.15) is 0 Å². The van der Waals surface area contributed by atoms with Crippen molar-refractivity contribution in [2.24, 2.45) is 5.92 Å². The smallest absolute Gasteiger partial charge is 0.304 e. The van der Waals surface area contributed by atoms with Crippen LogP contribution in [0.5, 0.6) is 0 Å². The molecule has 0 spiro atoms. The highest BCUT2D eigenvalue weighted by atomic mass is 16.4. The Hall–Kier alpha value is -0.570. The van der Waals surface area contributed by atoms with Gasteiger partial charge in [-0.25, -0.2) is 0 Å². The van der Waals surface area contributed by atoms with Crippen molar-refractivity contribution in [3.05, 3.63) is 0 Å². The molecule has 1 atom stereocenters. The van der Waals surface area contributed by atoms with Crippen LogP contribution in [0.3, 0.4) is 0 Å². The quantitative estimate of drug-likeness (QED) is 0.721. The maximum absolute atomic E-state index is 11.0. The van der Waals surface area contributed by atoms with Gasteiger partial charge < -0.3 is 5.11 Å². The fraction of sp³-hybridized carbons (Fsp3) is 0.933. The molecule has 106 valence electrons. The molecule has 1 unspecified atom stereocenters. The van der Waals surface area contributed by atoms with Gasteiger partial charge in [0.15, 0.2) is 0 Å². The number of carbonyl (C=O) groups is 1. The van der Waals surface area contributed by atoms with Gasteiger partial charge in [-0.15, -0.1) is 0 Å². The Bertz CT molecular complexity index is 247. The average Bonchev–Trinajstić information content (AvgIpc) is 2.80. The third-order valence-electron chi connectivity index (χ3n) is 4.11. The minimum Gasteiger partial charge on any atom is -0.481 e. The van der Waals surface area contributed by atoms with Crippen molar-refractivity contribution in [3.8, 4) is 0 Å². The van der Waals surface area contributed by atoms with Crippen LogP contribution in [0, 0.1) is 5.92 Å². The number of nitrogens with zero attached hydrogens (tertiary/aromatic N) is 1. The fourth-order valence-corrected chi connectivity index (χ4v) is 3.00. The van der Waals surface area contributed by atoms with Crippen molar-refractivity contribution >= 4 is 5.97 Å². The van der Waals surface area contributed by atoms with E-state index in [2.05, 4.69) is 25.7 Å². The largest absolute Gasteiger partial charge is 0.481 e. The summed E-state index contributed by atoms with van der Waals surface area (Å²) in [6.07, 6.45) is 7.56. The predicted molar refractivity (Wildman–Crippen MR) is 74.7 cm³/mol. The summed E-state index contributed by atoms with van der Waals surface area (Å²) in [4.78, 5) is 13.5. The first kappa shape index (κ1) is 15.5. The zero-order valence-electron chi connectivity index (χ0n) is 12.2. The number of carboxylic acid groups (broad SMARTS) is 1. The van der Waals surface area contributed by atoms with E-state index < -0.39 is 5.97 Å². The zero-order valence-corrected chi connectivity index (χ0v) is 12.2. The highest BCUT2D eigenvalue weighted by molar-refractivity contribution is 5.67. The molecule has 0 aliphatic heterocycles. The molecule has 1 rings (SSSR count). The Labute approximate surface area is 112 Å². The first-order valence-corrected chi connectivity index (χ1v) is 7.52. The van der Waals surface area contributed by atoms with Crippen molar-refractivity contribution in [3.63, 3.8) is 0 Å². The van der Waals surface area contributed by atoms with Crippen molar-refractivity contribution in [2.45, 2.75) is 77.8 Å². The van der Waals surface area contributed by atoms with Gasteiger partial charge >= 0.3 is 5.97 Å². The van der Waals surface area contributed by atoms with E-state index in [9.17, 15) is 4.79 Å². The Kier molecular flexibility index (Phi) is 6.69. The van der Waals surface area contributed by atoms with Gasteiger partial charge in [-0.1, -0.05) is 33.6 Å². The lowest BCUT2D eigenvalue weighted by molar-refractivity contribution is -0.138. The molecular weight excluding hydrogens is 226 g/mol.